The van der Waals surface area contributed by atoms with Crippen molar-refractivity contribution in [1.82, 2.24) is 10.2 Å². The number of carbonyl (C=O) groups is 1. The number of nitrogens with zero attached hydrogens (tertiary/aromatic N) is 1. The summed E-state index contributed by atoms with van der Waals surface area (Å²) in [5.74, 6) is 1.43. The minimum Gasteiger partial charge on any atom is -0.356 e. The number of carbonyl (C=O) groups excluding carboxylic acids is 1. The van der Waals surface area contributed by atoms with E-state index < -0.39 is 5.41 Å². The highest BCUT2D eigenvalue weighted by Crippen LogP contribution is 2.42. The van der Waals surface area contributed by atoms with Crippen LogP contribution in [0.15, 0.2) is 48.5 Å². The van der Waals surface area contributed by atoms with Crippen LogP contribution in [0.3, 0.4) is 0 Å². The van der Waals surface area contributed by atoms with Crippen molar-refractivity contribution in [2.45, 2.75) is 111 Å². The topological polar surface area (TPSA) is 32.3 Å². The van der Waals surface area contributed by atoms with Gasteiger partial charge >= 0.3 is 0 Å². The highest BCUT2D eigenvalue weighted by molar-refractivity contribution is 5.82. The van der Waals surface area contributed by atoms with E-state index >= 15 is 0 Å². The summed E-state index contributed by atoms with van der Waals surface area (Å²) in [4.78, 5) is 16.0. The predicted molar refractivity (Wildman–Crippen MR) is 165 cm³/mol. The second-order valence-electron chi connectivity index (χ2n) is 13.2. The van der Waals surface area contributed by atoms with Crippen molar-refractivity contribution in [2.24, 2.45) is 5.41 Å². The van der Waals surface area contributed by atoms with Gasteiger partial charge in [0.05, 0.1) is 0 Å². The maximum absolute atomic E-state index is 13.8. The number of rotatable bonds is 14. The zero-order valence-electron chi connectivity index (χ0n) is 26.2. The summed E-state index contributed by atoms with van der Waals surface area (Å²) in [7, 11) is 4.16. The van der Waals surface area contributed by atoms with E-state index in [1.165, 1.54) is 22.3 Å². The number of benzene rings is 2. The van der Waals surface area contributed by atoms with Crippen LogP contribution in [0, 0.1) is 5.41 Å². The zero-order valence-corrected chi connectivity index (χ0v) is 26.2. The largest absolute Gasteiger partial charge is 0.356 e. The fraction of sp³-hybridized carbons (Fsp3) is 0.629. The second kappa shape index (κ2) is 14.3. The van der Waals surface area contributed by atoms with Crippen LogP contribution in [-0.2, 0) is 10.2 Å². The average Bonchev–Trinajstić information content (AvgIpc) is 2.88. The molecular weight excluding hydrogens is 464 g/mol. The van der Waals surface area contributed by atoms with Crippen LogP contribution >= 0.6 is 0 Å². The lowest BCUT2D eigenvalue weighted by Gasteiger charge is -2.35. The molecule has 4 atom stereocenters. The Hall–Kier alpha value is -2.13. The van der Waals surface area contributed by atoms with E-state index in [1.807, 2.05) is 0 Å². The molecule has 0 fully saturated rings. The van der Waals surface area contributed by atoms with E-state index in [1.54, 1.807) is 0 Å². The number of amides is 1. The fourth-order valence-electron chi connectivity index (χ4n) is 5.56. The van der Waals surface area contributed by atoms with Gasteiger partial charge in [-0.3, -0.25) is 4.79 Å². The van der Waals surface area contributed by atoms with E-state index in [4.69, 9.17) is 0 Å². The highest BCUT2D eigenvalue weighted by atomic mass is 16.2. The van der Waals surface area contributed by atoms with Crippen molar-refractivity contribution in [3.63, 3.8) is 0 Å². The Labute approximate surface area is 234 Å². The summed E-state index contributed by atoms with van der Waals surface area (Å²) in [6.45, 7) is 19.7. The molecule has 0 aliphatic heterocycles. The van der Waals surface area contributed by atoms with Crippen molar-refractivity contribution < 1.29 is 4.79 Å². The van der Waals surface area contributed by atoms with Crippen LogP contribution in [0.1, 0.15) is 128 Å². The molecule has 3 heteroatoms. The van der Waals surface area contributed by atoms with Crippen LogP contribution in [0.5, 0.6) is 0 Å². The fourth-order valence-corrected chi connectivity index (χ4v) is 5.56. The van der Waals surface area contributed by atoms with Gasteiger partial charge in [0, 0.05) is 12.0 Å². The molecule has 4 unspecified atom stereocenters. The van der Waals surface area contributed by atoms with E-state index in [-0.39, 0.29) is 11.3 Å². The van der Waals surface area contributed by atoms with Crippen molar-refractivity contribution in [2.75, 3.05) is 27.2 Å². The molecule has 38 heavy (non-hydrogen) atoms. The van der Waals surface area contributed by atoms with E-state index in [2.05, 4.69) is 128 Å². The molecule has 0 aromatic heterocycles. The van der Waals surface area contributed by atoms with Crippen molar-refractivity contribution in [1.29, 1.82) is 0 Å². The molecule has 0 aliphatic carbocycles. The summed E-state index contributed by atoms with van der Waals surface area (Å²) >= 11 is 0. The first-order chi connectivity index (χ1) is 17.8. The Bertz CT molecular complexity index is 970. The molecule has 0 heterocycles. The Morgan fingerprint density at radius 3 is 1.79 bits per heavy atom. The lowest BCUT2D eigenvalue weighted by atomic mass is 9.70. The summed E-state index contributed by atoms with van der Waals surface area (Å²) in [6.07, 6.45) is 4.83. The second-order valence-corrected chi connectivity index (χ2v) is 13.2. The summed E-state index contributed by atoms with van der Waals surface area (Å²) in [6, 6.07) is 18.3. The molecule has 2 aromatic rings. The first kappa shape index (κ1) is 32.1. The van der Waals surface area contributed by atoms with Crippen LogP contribution in [0.2, 0.25) is 0 Å². The number of hydrogen-bond donors (Lipinski definition) is 1. The van der Waals surface area contributed by atoms with E-state index in [0.29, 0.717) is 17.8 Å². The molecule has 0 aliphatic rings. The van der Waals surface area contributed by atoms with Crippen LogP contribution < -0.4 is 5.32 Å². The third-order valence-electron chi connectivity index (χ3n) is 8.50. The minimum atomic E-state index is -0.448. The molecule has 0 radical (unpaired) electrons. The first-order valence-corrected chi connectivity index (χ1v) is 14.9. The van der Waals surface area contributed by atoms with Crippen molar-refractivity contribution >= 4 is 5.91 Å². The lowest BCUT2D eigenvalue weighted by Crippen LogP contribution is -2.41. The Kier molecular flexibility index (Phi) is 12.1. The zero-order chi connectivity index (χ0) is 28.5. The van der Waals surface area contributed by atoms with Crippen molar-refractivity contribution in [3.05, 3.63) is 70.8 Å². The van der Waals surface area contributed by atoms with E-state index in [9.17, 15) is 4.79 Å². The van der Waals surface area contributed by atoms with Crippen LogP contribution in [0.4, 0.5) is 0 Å². The smallest absolute Gasteiger partial charge is 0.225 e. The third kappa shape index (κ3) is 9.26. The summed E-state index contributed by atoms with van der Waals surface area (Å²) in [5, 5.41) is 3.31. The number of nitrogens with one attached hydrogen (secondary N) is 1. The van der Waals surface area contributed by atoms with Gasteiger partial charge in [0.15, 0.2) is 0 Å². The molecule has 0 spiro atoms. The van der Waals surface area contributed by atoms with Gasteiger partial charge < -0.3 is 10.2 Å². The molecular formula is C35H56N2O. The van der Waals surface area contributed by atoms with Crippen LogP contribution in [0.25, 0.3) is 0 Å². The monoisotopic (exact) mass is 520 g/mol. The van der Waals surface area contributed by atoms with Gasteiger partial charge in [-0.15, -0.1) is 0 Å². The van der Waals surface area contributed by atoms with Gasteiger partial charge in [-0.1, -0.05) is 104 Å². The number of hydrogen-bond acceptors (Lipinski definition) is 2. The van der Waals surface area contributed by atoms with Gasteiger partial charge in [0.1, 0.15) is 0 Å². The molecule has 2 aromatic carbocycles. The maximum atomic E-state index is 13.8. The van der Waals surface area contributed by atoms with Crippen molar-refractivity contribution in [3.8, 4) is 0 Å². The molecule has 0 bridgehead atoms. The van der Waals surface area contributed by atoms with Gasteiger partial charge in [0.25, 0.3) is 0 Å². The summed E-state index contributed by atoms with van der Waals surface area (Å²) < 4.78 is 0. The van der Waals surface area contributed by atoms with Gasteiger partial charge in [-0.05, 0) is 98.2 Å². The standard InChI is InChI=1S/C35H56N2O/c1-11-26(3)29-14-16-30(17-15-29)27(4)24-35(8,33(38)36-22-13-23-37(9)10)25-28(12-2)31-18-20-32(21-19-31)34(5,6)7/h14-21,26-28H,11-13,22-25H2,1-10H3,(H,36,38). The molecule has 2 rings (SSSR count). The average molecular weight is 521 g/mol. The SMILES string of the molecule is CCC(C)c1ccc(C(C)CC(C)(CC(CC)c2ccc(C(C)(C)C)cc2)C(=O)NCCCN(C)C)cc1. The molecule has 3 nitrogen and oxygen atoms in total. The summed E-state index contributed by atoms with van der Waals surface area (Å²) in [5.41, 5.74) is 5.11. The van der Waals surface area contributed by atoms with Gasteiger partial charge in [-0.2, -0.15) is 0 Å². The van der Waals surface area contributed by atoms with Gasteiger partial charge in [0.2, 0.25) is 5.91 Å². The Balaban J connectivity index is 2.28. The molecule has 0 saturated carbocycles. The molecule has 0 saturated heterocycles. The van der Waals surface area contributed by atoms with Gasteiger partial charge in [-0.25, -0.2) is 0 Å². The third-order valence-corrected chi connectivity index (χ3v) is 8.50. The Morgan fingerprint density at radius 2 is 1.32 bits per heavy atom. The predicted octanol–water partition coefficient (Wildman–Crippen LogP) is 8.65. The first-order valence-electron chi connectivity index (χ1n) is 14.9. The molecule has 212 valence electrons. The Morgan fingerprint density at radius 1 is 0.789 bits per heavy atom. The maximum Gasteiger partial charge on any atom is 0.225 e. The molecule has 1 N–H and O–H groups in total. The van der Waals surface area contributed by atoms with Crippen LogP contribution in [-0.4, -0.2) is 38.0 Å². The normalized spacial score (nSPS) is 16.1. The quantitative estimate of drug-likeness (QED) is 0.253. The minimum absolute atomic E-state index is 0.140. The lowest BCUT2D eigenvalue weighted by molar-refractivity contribution is -0.131. The highest BCUT2D eigenvalue weighted by Gasteiger charge is 2.37. The van der Waals surface area contributed by atoms with E-state index in [0.717, 1.165) is 45.2 Å². The molecule has 1 amide bonds.